The fourth-order valence-corrected chi connectivity index (χ4v) is 7.17. The van der Waals surface area contributed by atoms with Gasteiger partial charge < -0.3 is 24.3 Å². The Hall–Kier alpha value is -3.71. The molecule has 0 bridgehead atoms. The minimum absolute atomic E-state index is 0.103. The summed E-state index contributed by atoms with van der Waals surface area (Å²) in [5.41, 5.74) is 6.24. The Balaban J connectivity index is 1.31. The molecule has 1 aromatic heterocycles. The molecular formula is C32H40FN7O2. The Morgan fingerprint density at radius 2 is 2.00 bits per heavy atom. The van der Waals surface area contributed by atoms with Gasteiger partial charge in [0.15, 0.2) is 5.83 Å². The first kappa shape index (κ1) is 28.4. The number of rotatable bonds is 7. The van der Waals surface area contributed by atoms with Crippen molar-refractivity contribution in [3.63, 3.8) is 0 Å². The number of hydrogen-bond donors (Lipinski definition) is 0. The molecule has 9 nitrogen and oxygen atoms in total. The van der Waals surface area contributed by atoms with Crippen molar-refractivity contribution in [1.29, 1.82) is 5.26 Å². The van der Waals surface area contributed by atoms with Gasteiger partial charge in [0, 0.05) is 43.5 Å². The first-order valence-electron chi connectivity index (χ1n) is 15.2. The molecule has 0 saturated carbocycles. The number of fused-ring (bicyclic) bond motifs is 2. The molecule has 0 unspecified atom stereocenters. The number of ether oxygens (including phenoxy) is 1. The predicted molar refractivity (Wildman–Crippen MR) is 159 cm³/mol. The molecule has 3 atom stereocenters. The zero-order chi connectivity index (χ0) is 29.4. The minimum atomic E-state index is -1.000. The van der Waals surface area contributed by atoms with Crippen molar-refractivity contribution >= 4 is 17.4 Å². The van der Waals surface area contributed by atoms with Crippen molar-refractivity contribution in [1.82, 2.24) is 19.8 Å². The molecule has 4 aliphatic rings. The monoisotopic (exact) mass is 573 g/mol. The Labute approximate surface area is 247 Å². The van der Waals surface area contributed by atoms with Crippen molar-refractivity contribution in [3.05, 3.63) is 53.0 Å². The fraction of sp³-hybridized carbons (Fsp3) is 0.562. The van der Waals surface area contributed by atoms with Crippen LogP contribution in [0, 0.1) is 17.2 Å². The van der Waals surface area contributed by atoms with E-state index in [2.05, 4.69) is 59.5 Å². The Bertz CT molecular complexity index is 1410. The number of likely N-dealkylation sites (N-methyl/N-ethyl adjacent to an activating group) is 1. The molecule has 2 saturated heterocycles. The smallest absolute Gasteiger partial charge is 0.318 e. The van der Waals surface area contributed by atoms with Gasteiger partial charge in [-0.25, -0.2) is 4.39 Å². The van der Waals surface area contributed by atoms with Gasteiger partial charge in [-0.2, -0.15) is 15.2 Å². The van der Waals surface area contributed by atoms with Crippen LogP contribution in [0.5, 0.6) is 6.01 Å². The van der Waals surface area contributed by atoms with Crippen LogP contribution in [0.25, 0.3) is 0 Å². The molecule has 42 heavy (non-hydrogen) atoms. The third-order valence-electron chi connectivity index (χ3n) is 9.41. The lowest BCUT2D eigenvalue weighted by molar-refractivity contribution is -0.131. The summed E-state index contributed by atoms with van der Waals surface area (Å²) < 4.78 is 20.1. The highest BCUT2D eigenvalue weighted by Gasteiger charge is 2.35. The zero-order valence-corrected chi connectivity index (χ0v) is 24.7. The summed E-state index contributed by atoms with van der Waals surface area (Å²) in [5, 5.41) is 9.49. The van der Waals surface area contributed by atoms with Crippen LogP contribution in [0.1, 0.15) is 48.6 Å². The standard InChI is InChI=1S/C32H40FN7O2/c1-21-16-23-6-4-8-29(27(23)17-21)38-13-10-26-28(19-38)35-32(42-20-25-7-5-12-37(25)3)36-30(26)39-14-15-40(31(41)22(2)33)24(18-39)9-11-34/h4,6,8,21,24-25H,2,5,7,9-10,12-20H2,1,3H3/t21-,24-,25-/m0/s1. The summed E-state index contributed by atoms with van der Waals surface area (Å²) in [6, 6.07) is 9.07. The molecule has 1 aliphatic carbocycles. The van der Waals surface area contributed by atoms with Crippen molar-refractivity contribution in [2.45, 2.75) is 64.1 Å². The summed E-state index contributed by atoms with van der Waals surface area (Å²) in [6.07, 6.45) is 5.35. The van der Waals surface area contributed by atoms with Gasteiger partial charge in [-0.05, 0) is 68.8 Å². The second kappa shape index (κ2) is 11.9. The predicted octanol–water partition coefficient (Wildman–Crippen LogP) is 3.66. The van der Waals surface area contributed by atoms with Gasteiger partial charge >= 0.3 is 6.01 Å². The highest BCUT2D eigenvalue weighted by molar-refractivity contribution is 5.91. The van der Waals surface area contributed by atoms with Crippen LogP contribution < -0.4 is 14.5 Å². The normalized spacial score (nSPS) is 23.9. The second-order valence-electron chi connectivity index (χ2n) is 12.3. The molecule has 0 spiro atoms. The van der Waals surface area contributed by atoms with E-state index in [9.17, 15) is 14.4 Å². The molecule has 3 aliphatic heterocycles. The highest BCUT2D eigenvalue weighted by Crippen LogP contribution is 2.38. The van der Waals surface area contributed by atoms with E-state index >= 15 is 0 Å². The first-order valence-corrected chi connectivity index (χ1v) is 15.2. The van der Waals surface area contributed by atoms with E-state index in [-0.39, 0.29) is 13.0 Å². The molecule has 0 N–H and O–H groups in total. The molecule has 10 heteroatoms. The maximum atomic E-state index is 13.8. The van der Waals surface area contributed by atoms with E-state index < -0.39 is 17.8 Å². The fourth-order valence-electron chi connectivity index (χ4n) is 7.17. The zero-order valence-electron chi connectivity index (χ0n) is 24.7. The number of nitriles is 1. The molecule has 1 amide bonds. The molecule has 222 valence electrons. The summed E-state index contributed by atoms with van der Waals surface area (Å²) in [4.78, 5) is 30.7. The van der Waals surface area contributed by atoms with Crippen LogP contribution in [0.15, 0.2) is 30.6 Å². The number of piperazine rings is 1. The maximum Gasteiger partial charge on any atom is 0.318 e. The van der Waals surface area contributed by atoms with Crippen LogP contribution in [0.4, 0.5) is 15.9 Å². The summed E-state index contributed by atoms with van der Waals surface area (Å²) in [6.45, 7) is 9.76. The second-order valence-corrected chi connectivity index (χ2v) is 12.3. The third-order valence-corrected chi connectivity index (χ3v) is 9.41. The maximum absolute atomic E-state index is 13.8. The SMILES string of the molecule is C=C(F)C(=O)N1CCN(c2nc(OC[C@@H]3CCCN3C)nc3c2CCN(c2cccc4c2C[C@@H](C)C4)C3)C[C@@H]1CC#N. The molecule has 6 rings (SSSR count). The van der Waals surface area contributed by atoms with Crippen LogP contribution in [-0.2, 0) is 30.6 Å². The Kier molecular flexibility index (Phi) is 8.04. The molecule has 4 heterocycles. The number of likely N-dealkylation sites (tertiary alicyclic amines) is 1. The van der Waals surface area contributed by atoms with Crippen LogP contribution in [-0.4, -0.2) is 84.1 Å². The average molecular weight is 574 g/mol. The van der Waals surface area contributed by atoms with Gasteiger partial charge in [0.05, 0.1) is 30.8 Å². The molecule has 0 radical (unpaired) electrons. The van der Waals surface area contributed by atoms with Gasteiger partial charge in [-0.15, -0.1) is 0 Å². The van der Waals surface area contributed by atoms with E-state index in [1.807, 2.05) is 0 Å². The number of amides is 1. The van der Waals surface area contributed by atoms with Crippen LogP contribution >= 0.6 is 0 Å². The molecule has 1 aromatic carbocycles. The number of anilines is 2. The topological polar surface area (TPSA) is 88.8 Å². The van der Waals surface area contributed by atoms with E-state index in [4.69, 9.17) is 14.7 Å². The van der Waals surface area contributed by atoms with Gasteiger partial charge in [0.25, 0.3) is 5.91 Å². The molecule has 2 fully saturated rings. The molecule has 2 aromatic rings. The summed E-state index contributed by atoms with van der Waals surface area (Å²) >= 11 is 0. The lowest BCUT2D eigenvalue weighted by Crippen LogP contribution is -2.55. The van der Waals surface area contributed by atoms with Gasteiger partial charge in [-0.1, -0.05) is 25.6 Å². The Morgan fingerprint density at radius 1 is 1.14 bits per heavy atom. The lowest BCUT2D eigenvalue weighted by atomic mass is 10.0. The van der Waals surface area contributed by atoms with Gasteiger partial charge in [0.1, 0.15) is 12.4 Å². The van der Waals surface area contributed by atoms with Crippen molar-refractivity contribution < 1.29 is 13.9 Å². The molecular weight excluding hydrogens is 533 g/mol. The van der Waals surface area contributed by atoms with Gasteiger partial charge in [-0.3, -0.25) is 4.79 Å². The number of carbonyl (C=O) groups excluding carboxylic acids is 1. The first-order chi connectivity index (χ1) is 20.3. The van der Waals surface area contributed by atoms with E-state index in [0.717, 1.165) is 62.3 Å². The number of benzene rings is 1. The number of halogens is 1. The number of hydrogen-bond acceptors (Lipinski definition) is 8. The van der Waals surface area contributed by atoms with Crippen molar-refractivity contribution in [3.8, 4) is 12.1 Å². The number of carbonyl (C=O) groups is 1. The summed E-state index contributed by atoms with van der Waals surface area (Å²) in [7, 11) is 2.12. The largest absolute Gasteiger partial charge is 0.462 e. The van der Waals surface area contributed by atoms with Crippen LogP contribution in [0.2, 0.25) is 0 Å². The van der Waals surface area contributed by atoms with Crippen LogP contribution in [0.3, 0.4) is 0 Å². The summed E-state index contributed by atoms with van der Waals surface area (Å²) in [5.74, 6) is -0.289. The van der Waals surface area contributed by atoms with Crippen molar-refractivity contribution in [2.75, 3.05) is 56.2 Å². The van der Waals surface area contributed by atoms with Gasteiger partial charge in [0.2, 0.25) is 0 Å². The van der Waals surface area contributed by atoms with E-state index in [1.165, 1.54) is 21.7 Å². The number of aromatic nitrogens is 2. The quantitative estimate of drug-likeness (QED) is 0.464. The Morgan fingerprint density at radius 3 is 2.76 bits per heavy atom. The van der Waals surface area contributed by atoms with E-state index in [1.54, 1.807) is 0 Å². The number of nitrogens with zero attached hydrogens (tertiary/aromatic N) is 7. The minimum Gasteiger partial charge on any atom is -0.462 e. The third kappa shape index (κ3) is 5.54. The highest BCUT2D eigenvalue weighted by atomic mass is 19.1. The van der Waals surface area contributed by atoms with E-state index in [0.29, 0.717) is 44.2 Å². The average Bonchev–Trinajstić information content (AvgIpc) is 3.58. The lowest BCUT2D eigenvalue weighted by Gasteiger charge is -2.42. The van der Waals surface area contributed by atoms with Crippen molar-refractivity contribution in [2.24, 2.45) is 5.92 Å².